The summed E-state index contributed by atoms with van der Waals surface area (Å²) in [5.41, 5.74) is 3.11. The van der Waals surface area contributed by atoms with Crippen molar-refractivity contribution in [3.05, 3.63) is 114 Å². The van der Waals surface area contributed by atoms with Crippen molar-refractivity contribution in [1.29, 1.82) is 0 Å². The first-order chi connectivity index (χ1) is 15.6. The number of aryl methyl sites for hydroxylation is 1. The van der Waals surface area contributed by atoms with Crippen molar-refractivity contribution in [3.63, 3.8) is 0 Å². The number of allylic oxidation sites excluding steroid dienone is 2. The van der Waals surface area contributed by atoms with Crippen molar-refractivity contribution >= 4 is 17.5 Å². The van der Waals surface area contributed by atoms with Crippen LogP contribution >= 0.6 is 0 Å². The summed E-state index contributed by atoms with van der Waals surface area (Å²) >= 11 is 0. The number of amides is 2. The van der Waals surface area contributed by atoms with Crippen LogP contribution in [0.25, 0.3) is 0 Å². The van der Waals surface area contributed by atoms with Crippen molar-refractivity contribution in [2.24, 2.45) is 11.3 Å². The Kier molecular flexibility index (Phi) is 5.05. The van der Waals surface area contributed by atoms with Crippen LogP contribution in [0, 0.1) is 11.3 Å². The topological polar surface area (TPSA) is 37.4 Å². The number of carbonyl (C=O) groups is 2. The van der Waals surface area contributed by atoms with Crippen LogP contribution < -0.4 is 4.90 Å². The third kappa shape index (κ3) is 3.03. The number of carbonyl (C=O) groups excluding carboxylic acids is 2. The Morgan fingerprint density at radius 3 is 1.97 bits per heavy atom. The molecule has 3 nitrogen and oxygen atoms in total. The molecule has 3 aromatic rings. The molecule has 3 heteroatoms. The van der Waals surface area contributed by atoms with Crippen LogP contribution in [-0.2, 0) is 16.0 Å². The number of hydrogen-bond acceptors (Lipinski definition) is 2. The molecule has 160 valence electrons. The summed E-state index contributed by atoms with van der Waals surface area (Å²) in [4.78, 5) is 29.4. The summed E-state index contributed by atoms with van der Waals surface area (Å²) in [7, 11) is 0. The largest absolute Gasteiger partial charge is 0.274 e. The van der Waals surface area contributed by atoms with Crippen molar-refractivity contribution in [3.8, 4) is 0 Å². The van der Waals surface area contributed by atoms with Crippen LogP contribution in [0.15, 0.2) is 97.1 Å². The standard InChI is InChI=1S/C29H27NO2/c1-3-20-14-16-23(17-15-20)30-27(31)26-24(21-10-6-4-7-11-21)18-19-25(29(26,2)28(30)32)22-12-8-5-9-13-22/h4-19,24-26H,3H2,1-2H3/t24-,25-,26-,29+/m0/s1. The van der Waals surface area contributed by atoms with Gasteiger partial charge in [0.15, 0.2) is 0 Å². The van der Waals surface area contributed by atoms with E-state index in [1.54, 1.807) is 0 Å². The molecule has 1 aliphatic carbocycles. The maximum absolute atomic E-state index is 14.1. The lowest BCUT2D eigenvalue weighted by atomic mass is 9.58. The molecule has 3 aromatic carbocycles. The number of rotatable bonds is 4. The summed E-state index contributed by atoms with van der Waals surface area (Å²) in [5.74, 6) is -0.988. The van der Waals surface area contributed by atoms with Crippen LogP contribution in [0.1, 0.15) is 42.4 Å². The monoisotopic (exact) mass is 421 g/mol. The number of hydrogen-bond donors (Lipinski definition) is 0. The average molecular weight is 422 g/mol. The lowest BCUT2D eigenvalue weighted by molar-refractivity contribution is -0.127. The van der Waals surface area contributed by atoms with E-state index in [4.69, 9.17) is 0 Å². The quantitative estimate of drug-likeness (QED) is 0.390. The zero-order valence-corrected chi connectivity index (χ0v) is 18.4. The first kappa shape index (κ1) is 20.4. The van der Waals surface area contributed by atoms with E-state index in [0.717, 1.165) is 17.5 Å². The first-order valence-corrected chi connectivity index (χ1v) is 11.3. The molecule has 0 bridgehead atoms. The van der Waals surface area contributed by atoms with Crippen LogP contribution in [0.3, 0.4) is 0 Å². The lowest BCUT2D eigenvalue weighted by Crippen LogP contribution is -2.42. The minimum atomic E-state index is -0.864. The molecule has 0 N–H and O–H groups in total. The Morgan fingerprint density at radius 2 is 1.38 bits per heavy atom. The fourth-order valence-corrected chi connectivity index (χ4v) is 5.49. The van der Waals surface area contributed by atoms with Gasteiger partial charge in [-0.3, -0.25) is 9.59 Å². The van der Waals surface area contributed by atoms with Gasteiger partial charge >= 0.3 is 0 Å². The molecule has 0 saturated carbocycles. The normalized spacial score (nSPS) is 26.9. The van der Waals surface area contributed by atoms with E-state index in [2.05, 4.69) is 43.3 Å². The van der Waals surface area contributed by atoms with E-state index in [-0.39, 0.29) is 23.7 Å². The van der Waals surface area contributed by atoms with Crippen molar-refractivity contribution in [2.75, 3.05) is 4.90 Å². The molecule has 2 aliphatic rings. The minimum absolute atomic E-state index is 0.110. The highest BCUT2D eigenvalue weighted by Crippen LogP contribution is 2.57. The summed E-state index contributed by atoms with van der Waals surface area (Å²) in [5, 5.41) is 0. The predicted octanol–water partition coefficient (Wildman–Crippen LogP) is 5.88. The molecule has 32 heavy (non-hydrogen) atoms. The van der Waals surface area contributed by atoms with E-state index < -0.39 is 11.3 Å². The average Bonchev–Trinajstić information content (AvgIpc) is 3.05. The van der Waals surface area contributed by atoms with E-state index in [0.29, 0.717) is 5.69 Å². The van der Waals surface area contributed by atoms with E-state index in [1.165, 1.54) is 10.5 Å². The molecular formula is C29H27NO2. The zero-order chi connectivity index (χ0) is 22.3. The van der Waals surface area contributed by atoms with Crippen LogP contribution in [0.4, 0.5) is 5.69 Å². The van der Waals surface area contributed by atoms with Gasteiger partial charge in [-0.15, -0.1) is 0 Å². The smallest absolute Gasteiger partial charge is 0.241 e. The van der Waals surface area contributed by atoms with Gasteiger partial charge < -0.3 is 0 Å². The maximum atomic E-state index is 14.1. The molecule has 1 fully saturated rings. The molecule has 4 atom stereocenters. The predicted molar refractivity (Wildman–Crippen MR) is 127 cm³/mol. The second-order valence-electron chi connectivity index (χ2n) is 8.97. The van der Waals surface area contributed by atoms with Gasteiger partial charge in [-0.25, -0.2) is 4.90 Å². The zero-order valence-electron chi connectivity index (χ0n) is 18.4. The van der Waals surface area contributed by atoms with Crippen molar-refractivity contribution < 1.29 is 9.59 Å². The molecule has 0 radical (unpaired) electrons. The van der Waals surface area contributed by atoms with Gasteiger partial charge in [0.1, 0.15) is 0 Å². The van der Waals surface area contributed by atoms with Gasteiger partial charge in [0.2, 0.25) is 11.8 Å². The Hall–Kier alpha value is -3.46. The summed E-state index contributed by atoms with van der Waals surface area (Å²) < 4.78 is 0. The van der Waals surface area contributed by atoms with Gasteiger partial charge in [0.05, 0.1) is 17.0 Å². The number of nitrogens with zero attached hydrogens (tertiary/aromatic N) is 1. The number of fused-ring (bicyclic) bond motifs is 1. The molecule has 1 heterocycles. The van der Waals surface area contributed by atoms with Gasteiger partial charge in [0, 0.05) is 11.8 Å². The first-order valence-electron chi connectivity index (χ1n) is 11.3. The molecule has 1 aliphatic heterocycles. The highest BCUT2D eigenvalue weighted by molar-refractivity contribution is 6.24. The molecule has 2 amide bonds. The summed E-state index contributed by atoms with van der Waals surface area (Å²) in [6.07, 6.45) is 5.19. The van der Waals surface area contributed by atoms with Crippen LogP contribution in [0.5, 0.6) is 0 Å². The highest BCUT2D eigenvalue weighted by Gasteiger charge is 2.63. The van der Waals surface area contributed by atoms with Gasteiger partial charge in [0.25, 0.3) is 0 Å². The second-order valence-corrected chi connectivity index (χ2v) is 8.97. The molecule has 0 unspecified atom stereocenters. The molecule has 1 saturated heterocycles. The fourth-order valence-electron chi connectivity index (χ4n) is 5.49. The maximum Gasteiger partial charge on any atom is 0.241 e. The van der Waals surface area contributed by atoms with Crippen LogP contribution in [-0.4, -0.2) is 11.8 Å². The minimum Gasteiger partial charge on any atom is -0.274 e. The highest BCUT2D eigenvalue weighted by atomic mass is 16.2. The molecule has 0 aromatic heterocycles. The van der Waals surface area contributed by atoms with E-state index in [9.17, 15) is 9.59 Å². The Bertz CT molecular complexity index is 1170. The number of anilines is 1. The summed E-state index contributed by atoms with van der Waals surface area (Å²) in [6.45, 7) is 4.08. The van der Waals surface area contributed by atoms with E-state index >= 15 is 0 Å². The van der Waals surface area contributed by atoms with Gasteiger partial charge in [-0.1, -0.05) is 91.9 Å². The number of imide groups is 1. The second kappa shape index (κ2) is 7.90. The molecule has 5 rings (SSSR count). The molecular weight excluding hydrogens is 394 g/mol. The third-order valence-corrected chi connectivity index (χ3v) is 7.26. The third-order valence-electron chi connectivity index (χ3n) is 7.26. The SMILES string of the molecule is CCc1ccc(N2C(=O)[C@@H]3[C@H](c4ccccc4)C=C[C@@H](c4ccccc4)[C@@]3(C)C2=O)cc1. The van der Waals surface area contributed by atoms with Crippen molar-refractivity contribution in [1.82, 2.24) is 0 Å². The van der Waals surface area contributed by atoms with Crippen LogP contribution in [0.2, 0.25) is 0 Å². The number of benzene rings is 3. The molecule has 0 spiro atoms. The lowest BCUT2D eigenvalue weighted by Gasteiger charge is -2.41. The fraction of sp³-hybridized carbons (Fsp3) is 0.241. The van der Waals surface area contributed by atoms with E-state index in [1.807, 2.05) is 67.6 Å². The summed E-state index contributed by atoms with van der Waals surface area (Å²) in [6, 6.07) is 27.9. The Morgan fingerprint density at radius 1 is 0.781 bits per heavy atom. The van der Waals surface area contributed by atoms with Gasteiger partial charge in [-0.05, 0) is 42.2 Å². The Balaban J connectivity index is 1.66. The Labute approximate surface area is 189 Å². The van der Waals surface area contributed by atoms with Crippen molar-refractivity contribution in [2.45, 2.75) is 32.1 Å². The van der Waals surface area contributed by atoms with Gasteiger partial charge in [-0.2, -0.15) is 0 Å².